The molecule has 1 aliphatic rings. The van der Waals surface area contributed by atoms with Gasteiger partial charge in [-0.1, -0.05) is 11.8 Å². The lowest BCUT2D eigenvalue weighted by Crippen LogP contribution is -2.39. The molecule has 1 unspecified atom stereocenters. The number of fused-ring (bicyclic) bond motifs is 1. The molecule has 1 aromatic carbocycles. The molecular weight excluding hydrogens is 280 g/mol. The van der Waals surface area contributed by atoms with E-state index in [0.29, 0.717) is 29.4 Å². The van der Waals surface area contributed by atoms with E-state index < -0.39 is 10.0 Å². The highest BCUT2D eigenvalue weighted by Gasteiger charge is 2.29. The maximum Gasteiger partial charge on any atom is 0.243 e. The molecule has 2 heterocycles. The average molecular weight is 296 g/mol. The summed E-state index contributed by atoms with van der Waals surface area (Å²) in [6.07, 6.45) is 1.93. The van der Waals surface area contributed by atoms with Crippen LogP contribution in [0.1, 0.15) is 19.8 Å². The Kier molecular flexibility index (Phi) is 3.14. The molecule has 108 valence electrons. The Morgan fingerprint density at radius 1 is 1.40 bits per heavy atom. The van der Waals surface area contributed by atoms with E-state index >= 15 is 0 Å². The van der Waals surface area contributed by atoms with E-state index in [2.05, 4.69) is 17.2 Å². The predicted molar refractivity (Wildman–Crippen MR) is 71.9 cm³/mol. The summed E-state index contributed by atoms with van der Waals surface area (Å²) < 4.78 is 26.7. The Hall–Kier alpha value is -1.67. The fraction of sp³-hybridized carbons (Fsp3) is 0.500. The molecule has 1 saturated heterocycles. The first-order chi connectivity index (χ1) is 9.48. The quantitative estimate of drug-likeness (QED) is 0.838. The fourth-order valence-corrected chi connectivity index (χ4v) is 4.18. The van der Waals surface area contributed by atoms with Crippen LogP contribution in [0.15, 0.2) is 23.1 Å². The van der Waals surface area contributed by atoms with E-state index in [1.807, 2.05) is 0 Å². The Bertz CT molecular complexity index is 740. The zero-order valence-electron chi connectivity index (χ0n) is 11.1. The van der Waals surface area contributed by atoms with E-state index in [1.54, 1.807) is 6.07 Å². The molecular formula is C12H16N4O3S. The van der Waals surface area contributed by atoms with Crippen LogP contribution in [-0.2, 0) is 10.0 Å². The molecule has 20 heavy (non-hydrogen) atoms. The summed E-state index contributed by atoms with van der Waals surface area (Å²) in [6.45, 7) is 3.13. The van der Waals surface area contributed by atoms with Crippen LogP contribution in [0.5, 0.6) is 0 Å². The second-order valence-electron chi connectivity index (χ2n) is 5.24. The van der Waals surface area contributed by atoms with Crippen molar-refractivity contribution in [2.45, 2.75) is 24.7 Å². The zero-order chi connectivity index (χ0) is 14.3. The molecule has 1 atom stereocenters. The number of piperidine rings is 1. The number of rotatable bonds is 2. The highest BCUT2D eigenvalue weighted by Crippen LogP contribution is 2.25. The van der Waals surface area contributed by atoms with Crippen LogP contribution in [0.25, 0.3) is 11.0 Å². The first kappa shape index (κ1) is 13.3. The molecule has 0 saturated carbocycles. The van der Waals surface area contributed by atoms with Gasteiger partial charge in [0.2, 0.25) is 10.0 Å². The summed E-state index contributed by atoms with van der Waals surface area (Å²) in [4.78, 5) is 0.754. The van der Waals surface area contributed by atoms with Crippen LogP contribution < -0.4 is 0 Å². The van der Waals surface area contributed by atoms with Gasteiger partial charge in [0.05, 0.1) is 4.90 Å². The van der Waals surface area contributed by atoms with Crippen molar-refractivity contribution in [1.29, 1.82) is 0 Å². The summed E-state index contributed by atoms with van der Waals surface area (Å²) in [5.74, 6) is 0.368. The third kappa shape index (κ3) is 2.14. The fourth-order valence-electron chi connectivity index (χ4n) is 2.56. The van der Waals surface area contributed by atoms with Gasteiger partial charge in [0.1, 0.15) is 11.0 Å². The largest absolute Gasteiger partial charge is 0.410 e. The highest BCUT2D eigenvalue weighted by atomic mass is 32.2. The summed E-state index contributed by atoms with van der Waals surface area (Å²) in [6, 6.07) is 4.46. The Morgan fingerprint density at radius 3 is 2.95 bits per heavy atom. The smallest absolute Gasteiger partial charge is 0.243 e. The van der Waals surface area contributed by atoms with Gasteiger partial charge in [0, 0.05) is 13.1 Å². The van der Waals surface area contributed by atoms with Crippen LogP contribution in [-0.4, -0.2) is 46.2 Å². The molecule has 0 amide bonds. The zero-order valence-corrected chi connectivity index (χ0v) is 11.9. The standard InChI is InChI=1S/C12H16N4O3S/c1-9-3-2-6-15(8-9)20(18,19)10-4-5-11-12(7-10)16(17)14-13-11/h4-5,7,9,17H,2-3,6,8H2,1H3. The summed E-state index contributed by atoms with van der Waals surface area (Å²) >= 11 is 0. The summed E-state index contributed by atoms with van der Waals surface area (Å²) in [5.41, 5.74) is 0.745. The van der Waals surface area contributed by atoms with Crippen LogP contribution in [0.3, 0.4) is 0 Å². The van der Waals surface area contributed by atoms with Gasteiger partial charge in [0.25, 0.3) is 0 Å². The van der Waals surface area contributed by atoms with Crippen LogP contribution in [0.4, 0.5) is 0 Å². The van der Waals surface area contributed by atoms with Gasteiger partial charge in [-0.25, -0.2) is 8.42 Å². The van der Waals surface area contributed by atoms with E-state index in [-0.39, 0.29) is 10.4 Å². The molecule has 0 aliphatic carbocycles. The minimum absolute atomic E-state index is 0.164. The van der Waals surface area contributed by atoms with Crippen molar-refractivity contribution in [3.05, 3.63) is 18.2 Å². The molecule has 1 N–H and O–H groups in total. The van der Waals surface area contributed by atoms with E-state index in [9.17, 15) is 13.6 Å². The Labute approximate surface area is 116 Å². The lowest BCUT2D eigenvalue weighted by Gasteiger charge is -2.29. The van der Waals surface area contributed by atoms with Gasteiger partial charge in [-0.3, -0.25) is 0 Å². The second kappa shape index (κ2) is 4.71. The molecule has 1 fully saturated rings. The number of hydrogen-bond donors (Lipinski definition) is 1. The molecule has 7 nitrogen and oxygen atoms in total. The lowest BCUT2D eigenvalue weighted by molar-refractivity contribution is 0.154. The Morgan fingerprint density at radius 2 is 2.20 bits per heavy atom. The van der Waals surface area contributed by atoms with Gasteiger partial charge in [-0.05, 0) is 42.2 Å². The minimum atomic E-state index is -3.53. The number of nitrogens with zero attached hydrogens (tertiary/aromatic N) is 4. The van der Waals surface area contributed by atoms with Gasteiger partial charge < -0.3 is 5.21 Å². The van der Waals surface area contributed by atoms with Crippen LogP contribution in [0, 0.1) is 5.92 Å². The van der Waals surface area contributed by atoms with Crippen molar-refractivity contribution in [3.8, 4) is 0 Å². The number of sulfonamides is 1. The molecule has 8 heteroatoms. The van der Waals surface area contributed by atoms with Crippen molar-refractivity contribution in [1.82, 2.24) is 19.5 Å². The molecule has 1 aromatic heterocycles. The first-order valence-corrected chi connectivity index (χ1v) is 7.97. The second-order valence-corrected chi connectivity index (χ2v) is 7.18. The van der Waals surface area contributed by atoms with Gasteiger partial charge in [0.15, 0.2) is 0 Å². The minimum Gasteiger partial charge on any atom is -0.410 e. The van der Waals surface area contributed by atoms with Crippen molar-refractivity contribution < 1.29 is 13.6 Å². The predicted octanol–water partition coefficient (Wildman–Crippen LogP) is 1.09. The maximum atomic E-state index is 12.6. The van der Waals surface area contributed by atoms with Crippen LogP contribution >= 0.6 is 0 Å². The number of benzene rings is 1. The molecule has 0 radical (unpaired) electrons. The van der Waals surface area contributed by atoms with E-state index in [1.165, 1.54) is 16.4 Å². The molecule has 0 spiro atoms. The lowest BCUT2D eigenvalue weighted by atomic mass is 10.0. The first-order valence-electron chi connectivity index (χ1n) is 6.53. The monoisotopic (exact) mass is 296 g/mol. The van der Waals surface area contributed by atoms with Crippen LogP contribution in [0.2, 0.25) is 0 Å². The van der Waals surface area contributed by atoms with Crippen molar-refractivity contribution in [2.24, 2.45) is 5.92 Å². The van der Waals surface area contributed by atoms with Crippen molar-refractivity contribution >= 4 is 21.1 Å². The molecule has 1 aliphatic heterocycles. The number of aromatic nitrogens is 3. The van der Waals surface area contributed by atoms with Gasteiger partial charge in [-0.15, -0.1) is 5.10 Å². The highest BCUT2D eigenvalue weighted by molar-refractivity contribution is 7.89. The SMILES string of the molecule is CC1CCCN(S(=O)(=O)c2ccc3nnn(O)c3c2)C1. The molecule has 3 rings (SSSR count). The van der Waals surface area contributed by atoms with E-state index in [4.69, 9.17) is 0 Å². The third-order valence-corrected chi connectivity index (χ3v) is 5.52. The Balaban J connectivity index is 2.02. The van der Waals surface area contributed by atoms with Gasteiger partial charge in [-0.2, -0.15) is 4.31 Å². The molecule has 0 bridgehead atoms. The average Bonchev–Trinajstić information content (AvgIpc) is 2.80. The van der Waals surface area contributed by atoms with E-state index in [0.717, 1.165) is 12.8 Å². The summed E-state index contributed by atoms with van der Waals surface area (Å²) in [7, 11) is -3.53. The molecule has 2 aromatic rings. The maximum absolute atomic E-state index is 12.6. The van der Waals surface area contributed by atoms with Crippen molar-refractivity contribution in [2.75, 3.05) is 13.1 Å². The topological polar surface area (TPSA) is 88.3 Å². The van der Waals surface area contributed by atoms with Gasteiger partial charge >= 0.3 is 0 Å². The van der Waals surface area contributed by atoms with Crippen molar-refractivity contribution in [3.63, 3.8) is 0 Å². The summed E-state index contributed by atoms with van der Waals surface area (Å²) in [5, 5.41) is 16.7. The third-order valence-electron chi connectivity index (χ3n) is 3.66. The normalized spacial score (nSPS) is 21.4. The number of hydrogen-bond acceptors (Lipinski definition) is 5.